The van der Waals surface area contributed by atoms with Crippen molar-refractivity contribution < 1.29 is 4.79 Å². The van der Waals surface area contributed by atoms with Crippen LogP contribution in [-0.2, 0) is 11.3 Å². The second-order valence-corrected chi connectivity index (χ2v) is 9.42. The molecular weight excluding hydrogens is 478 g/mol. The molecule has 0 aliphatic rings. The number of aryl methyl sites for hydroxylation is 1. The summed E-state index contributed by atoms with van der Waals surface area (Å²) in [7, 11) is 0. The SMILES string of the molecule is Cc1ccc(NCc2nnc(SCC(=O)N(c3ccccc3)c3ccccc3)n2-c2ccccc2)cc1. The van der Waals surface area contributed by atoms with Gasteiger partial charge >= 0.3 is 0 Å². The number of para-hydroxylation sites is 3. The fraction of sp³-hybridized carbons (Fsp3) is 0.100. The third-order valence-corrected chi connectivity index (χ3v) is 6.73. The summed E-state index contributed by atoms with van der Waals surface area (Å²) in [5, 5.41) is 13.0. The van der Waals surface area contributed by atoms with Crippen LogP contribution in [0.4, 0.5) is 17.1 Å². The van der Waals surface area contributed by atoms with Crippen LogP contribution in [-0.4, -0.2) is 26.4 Å². The molecule has 0 fully saturated rings. The summed E-state index contributed by atoms with van der Waals surface area (Å²) < 4.78 is 2.01. The van der Waals surface area contributed by atoms with E-state index in [1.54, 1.807) is 4.90 Å². The predicted molar refractivity (Wildman–Crippen MR) is 151 cm³/mol. The standard InChI is InChI=1S/C30H27N5OS/c1-23-17-19-24(20-18-23)31-21-28-32-33-30(35(28)27-15-9-4-10-16-27)37-22-29(36)34(25-11-5-2-6-12-25)26-13-7-3-8-14-26/h2-20,31H,21-22H2,1H3. The number of amides is 1. The molecule has 5 rings (SSSR count). The molecular formula is C30H27N5OS. The van der Waals surface area contributed by atoms with E-state index in [2.05, 4.69) is 46.7 Å². The van der Waals surface area contributed by atoms with Gasteiger partial charge in [-0.3, -0.25) is 14.3 Å². The predicted octanol–water partition coefficient (Wildman–Crippen LogP) is 6.64. The smallest absolute Gasteiger partial charge is 0.242 e. The largest absolute Gasteiger partial charge is 0.378 e. The molecule has 0 radical (unpaired) electrons. The number of benzene rings is 4. The van der Waals surface area contributed by atoms with E-state index in [0.717, 1.165) is 28.6 Å². The summed E-state index contributed by atoms with van der Waals surface area (Å²) in [4.78, 5) is 15.3. The van der Waals surface area contributed by atoms with E-state index in [4.69, 9.17) is 0 Å². The first-order valence-electron chi connectivity index (χ1n) is 12.0. The molecule has 0 aliphatic heterocycles. The van der Waals surface area contributed by atoms with Crippen molar-refractivity contribution in [2.24, 2.45) is 0 Å². The van der Waals surface area contributed by atoms with Gasteiger partial charge in [0.2, 0.25) is 5.91 Å². The first-order chi connectivity index (χ1) is 18.2. The number of nitrogens with one attached hydrogen (secondary N) is 1. The van der Waals surface area contributed by atoms with Crippen molar-refractivity contribution in [1.29, 1.82) is 0 Å². The lowest BCUT2D eigenvalue weighted by molar-refractivity contribution is -0.115. The molecule has 0 saturated carbocycles. The van der Waals surface area contributed by atoms with Crippen molar-refractivity contribution in [3.63, 3.8) is 0 Å². The van der Waals surface area contributed by atoms with Crippen LogP contribution in [0.5, 0.6) is 0 Å². The molecule has 6 nitrogen and oxygen atoms in total. The molecule has 0 aliphatic carbocycles. The van der Waals surface area contributed by atoms with E-state index in [-0.39, 0.29) is 11.7 Å². The number of rotatable bonds is 9. The van der Waals surface area contributed by atoms with Crippen LogP contribution in [0.2, 0.25) is 0 Å². The van der Waals surface area contributed by atoms with E-state index >= 15 is 0 Å². The summed E-state index contributed by atoms with van der Waals surface area (Å²) in [6.07, 6.45) is 0. The number of anilines is 3. The lowest BCUT2D eigenvalue weighted by Crippen LogP contribution is -2.27. The highest BCUT2D eigenvalue weighted by atomic mass is 32.2. The topological polar surface area (TPSA) is 63.1 Å². The van der Waals surface area contributed by atoms with Crippen molar-refractivity contribution in [2.45, 2.75) is 18.6 Å². The summed E-state index contributed by atoms with van der Waals surface area (Å²) in [6.45, 7) is 2.57. The highest BCUT2D eigenvalue weighted by Crippen LogP contribution is 2.28. The minimum absolute atomic E-state index is 0.0376. The van der Waals surface area contributed by atoms with Crippen LogP contribution in [0.15, 0.2) is 120 Å². The van der Waals surface area contributed by atoms with Gasteiger partial charge in [0.15, 0.2) is 11.0 Å². The Hall–Kier alpha value is -4.36. The van der Waals surface area contributed by atoms with Crippen molar-refractivity contribution in [3.8, 4) is 5.69 Å². The Kier molecular flexibility index (Phi) is 7.62. The highest BCUT2D eigenvalue weighted by molar-refractivity contribution is 7.99. The first-order valence-corrected chi connectivity index (χ1v) is 13.0. The molecule has 0 unspecified atom stereocenters. The summed E-state index contributed by atoms with van der Waals surface area (Å²) in [5.41, 5.74) is 4.82. The number of nitrogens with zero attached hydrogens (tertiary/aromatic N) is 4. The molecule has 5 aromatic rings. The van der Waals surface area contributed by atoms with Gasteiger partial charge < -0.3 is 5.32 Å². The molecule has 0 saturated heterocycles. The number of hydrogen-bond acceptors (Lipinski definition) is 5. The lowest BCUT2D eigenvalue weighted by atomic mass is 10.2. The van der Waals surface area contributed by atoms with Crippen LogP contribution in [0.1, 0.15) is 11.4 Å². The second kappa shape index (κ2) is 11.6. The van der Waals surface area contributed by atoms with Crippen molar-refractivity contribution in [3.05, 3.63) is 127 Å². The molecule has 1 N–H and O–H groups in total. The monoisotopic (exact) mass is 505 g/mol. The van der Waals surface area contributed by atoms with Gasteiger partial charge in [-0.15, -0.1) is 10.2 Å². The number of thioether (sulfide) groups is 1. The molecule has 1 aromatic heterocycles. The van der Waals surface area contributed by atoms with Gasteiger partial charge in [-0.25, -0.2) is 0 Å². The van der Waals surface area contributed by atoms with Crippen molar-refractivity contribution >= 4 is 34.7 Å². The molecule has 0 spiro atoms. The minimum Gasteiger partial charge on any atom is -0.378 e. The van der Waals surface area contributed by atoms with Gasteiger partial charge in [0.05, 0.1) is 12.3 Å². The average molecular weight is 506 g/mol. The average Bonchev–Trinajstić information content (AvgIpc) is 3.36. The van der Waals surface area contributed by atoms with E-state index in [0.29, 0.717) is 11.7 Å². The molecule has 1 heterocycles. The Morgan fingerprint density at radius 1 is 0.784 bits per heavy atom. The fourth-order valence-corrected chi connectivity index (χ4v) is 4.80. The summed E-state index contributed by atoms with van der Waals surface area (Å²) in [5.74, 6) is 0.939. The van der Waals surface area contributed by atoms with Gasteiger partial charge in [0.25, 0.3) is 0 Å². The maximum absolute atomic E-state index is 13.5. The molecule has 4 aromatic carbocycles. The van der Waals surface area contributed by atoms with Crippen LogP contribution in [0, 0.1) is 6.92 Å². The Morgan fingerprint density at radius 2 is 1.35 bits per heavy atom. The van der Waals surface area contributed by atoms with Gasteiger partial charge in [0.1, 0.15) is 0 Å². The Balaban J connectivity index is 1.39. The molecule has 1 amide bonds. The van der Waals surface area contributed by atoms with E-state index in [9.17, 15) is 4.79 Å². The third kappa shape index (κ3) is 5.90. The molecule has 184 valence electrons. The Morgan fingerprint density at radius 3 is 1.95 bits per heavy atom. The molecule has 37 heavy (non-hydrogen) atoms. The van der Waals surface area contributed by atoms with E-state index < -0.39 is 0 Å². The van der Waals surface area contributed by atoms with Crippen LogP contribution in [0.25, 0.3) is 5.69 Å². The number of carbonyl (C=O) groups is 1. The van der Waals surface area contributed by atoms with Crippen LogP contribution in [0.3, 0.4) is 0 Å². The quantitative estimate of drug-likeness (QED) is 0.227. The van der Waals surface area contributed by atoms with E-state index in [1.165, 1.54) is 17.3 Å². The molecule has 0 bridgehead atoms. The normalized spacial score (nSPS) is 10.7. The molecule has 0 atom stereocenters. The fourth-order valence-electron chi connectivity index (χ4n) is 3.98. The summed E-state index contributed by atoms with van der Waals surface area (Å²) >= 11 is 1.38. The zero-order valence-corrected chi connectivity index (χ0v) is 21.3. The second-order valence-electron chi connectivity index (χ2n) is 8.48. The zero-order valence-electron chi connectivity index (χ0n) is 20.5. The van der Waals surface area contributed by atoms with Crippen molar-refractivity contribution in [2.75, 3.05) is 16.0 Å². The van der Waals surface area contributed by atoms with Gasteiger partial charge in [-0.05, 0) is 55.5 Å². The Bertz CT molecular complexity index is 1400. The number of aromatic nitrogens is 3. The number of carbonyl (C=O) groups excluding carboxylic acids is 1. The lowest BCUT2D eigenvalue weighted by Gasteiger charge is -2.23. The summed E-state index contributed by atoms with van der Waals surface area (Å²) in [6, 6.07) is 37.6. The minimum atomic E-state index is -0.0376. The van der Waals surface area contributed by atoms with Gasteiger partial charge in [0, 0.05) is 22.7 Å². The third-order valence-electron chi connectivity index (χ3n) is 5.82. The first kappa shape index (κ1) is 24.3. The number of hydrogen-bond donors (Lipinski definition) is 1. The van der Waals surface area contributed by atoms with Gasteiger partial charge in [-0.2, -0.15) is 0 Å². The maximum atomic E-state index is 13.5. The molecule has 7 heteroatoms. The van der Waals surface area contributed by atoms with Crippen molar-refractivity contribution in [1.82, 2.24) is 14.8 Å². The van der Waals surface area contributed by atoms with E-state index in [1.807, 2.05) is 95.6 Å². The zero-order chi connectivity index (χ0) is 25.5. The Labute approximate surface area is 221 Å². The van der Waals surface area contributed by atoms with Crippen LogP contribution >= 0.6 is 11.8 Å². The maximum Gasteiger partial charge on any atom is 0.242 e. The highest BCUT2D eigenvalue weighted by Gasteiger charge is 2.21. The van der Waals surface area contributed by atoms with Gasteiger partial charge in [-0.1, -0.05) is 84.1 Å². The van der Waals surface area contributed by atoms with Crippen LogP contribution < -0.4 is 10.2 Å².